The van der Waals surface area contributed by atoms with Crippen LogP contribution in [-0.2, 0) is 28.6 Å². The number of hydrogen-bond acceptors (Lipinski definition) is 6. The van der Waals surface area contributed by atoms with E-state index in [1.54, 1.807) is 0 Å². The van der Waals surface area contributed by atoms with Crippen LogP contribution in [-0.4, -0.2) is 37.2 Å². The smallest absolute Gasteiger partial charge is 0.306 e. The summed E-state index contributed by atoms with van der Waals surface area (Å²) in [6.45, 7) is 6.30. The van der Waals surface area contributed by atoms with Crippen LogP contribution in [0.2, 0.25) is 0 Å². The number of esters is 3. The Morgan fingerprint density at radius 3 is 0.955 bits per heavy atom. The second-order valence-electron chi connectivity index (χ2n) is 17.4. The Balaban J connectivity index is 4.18. The Morgan fingerprint density at radius 1 is 0.318 bits per heavy atom. The molecule has 0 saturated carbocycles. The van der Waals surface area contributed by atoms with Crippen LogP contribution in [0.1, 0.15) is 233 Å². The van der Waals surface area contributed by atoms with Crippen LogP contribution in [0.25, 0.3) is 0 Å². The minimum atomic E-state index is -0.798. The molecule has 0 aromatic rings. The number of ether oxygens (including phenoxy) is 3. The van der Waals surface area contributed by atoms with Crippen molar-refractivity contribution in [2.75, 3.05) is 13.2 Å². The molecule has 374 valence electrons. The molecule has 0 heterocycles. The maximum Gasteiger partial charge on any atom is 0.306 e. The number of allylic oxidation sites excluding steroid dienone is 18. The summed E-state index contributed by atoms with van der Waals surface area (Å²) in [6.07, 6.45) is 72.6. The molecule has 0 fully saturated rings. The lowest BCUT2D eigenvalue weighted by molar-refractivity contribution is -0.167. The first-order chi connectivity index (χ1) is 32.5. The second kappa shape index (κ2) is 53.7. The quantitative estimate of drug-likeness (QED) is 0.0262. The topological polar surface area (TPSA) is 78.9 Å². The predicted molar refractivity (Wildman–Crippen MR) is 283 cm³/mol. The first-order valence-electron chi connectivity index (χ1n) is 26.9. The van der Waals surface area contributed by atoms with Gasteiger partial charge in [0.05, 0.1) is 0 Å². The molecule has 0 bridgehead atoms. The number of carbonyl (C=O) groups excluding carboxylic acids is 3. The summed E-state index contributed by atoms with van der Waals surface area (Å²) >= 11 is 0. The van der Waals surface area contributed by atoms with E-state index in [0.717, 1.165) is 109 Å². The molecule has 1 atom stereocenters. The third-order valence-electron chi connectivity index (χ3n) is 11.0. The van der Waals surface area contributed by atoms with Crippen LogP contribution in [0.4, 0.5) is 0 Å². The van der Waals surface area contributed by atoms with Gasteiger partial charge >= 0.3 is 17.9 Å². The molecule has 6 nitrogen and oxygen atoms in total. The lowest BCUT2D eigenvalue weighted by atomic mass is 10.0. The van der Waals surface area contributed by atoms with Crippen LogP contribution >= 0.6 is 0 Å². The number of rotatable bonds is 47. The predicted octanol–water partition coefficient (Wildman–Crippen LogP) is 17.9. The number of unbranched alkanes of at least 4 members (excludes halogenated alkanes) is 18. The maximum atomic E-state index is 12.7. The molecule has 0 N–H and O–H groups in total. The van der Waals surface area contributed by atoms with Crippen molar-refractivity contribution in [1.29, 1.82) is 0 Å². The lowest BCUT2D eigenvalue weighted by Gasteiger charge is -2.18. The zero-order valence-electron chi connectivity index (χ0n) is 42.7. The zero-order valence-corrected chi connectivity index (χ0v) is 42.7. The third kappa shape index (κ3) is 51.1. The van der Waals surface area contributed by atoms with Gasteiger partial charge in [-0.25, -0.2) is 0 Å². The van der Waals surface area contributed by atoms with Gasteiger partial charge in [0.15, 0.2) is 6.10 Å². The first kappa shape index (κ1) is 62.1. The molecule has 66 heavy (non-hydrogen) atoms. The van der Waals surface area contributed by atoms with Gasteiger partial charge in [-0.3, -0.25) is 14.4 Å². The highest BCUT2D eigenvalue weighted by Crippen LogP contribution is 2.14. The molecule has 0 aromatic carbocycles. The van der Waals surface area contributed by atoms with E-state index in [9.17, 15) is 14.4 Å². The van der Waals surface area contributed by atoms with Gasteiger partial charge < -0.3 is 14.2 Å². The van der Waals surface area contributed by atoms with Crippen LogP contribution in [0.5, 0.6) is 0 Å². The Morgan fingerprint density at radius 2 is 0.591 bits per heavy atom. The largest absolute Gasteiger partial charge is 0.462 e. The SMILES string of the molecule is CC/C=C\C/C=C\C/C=C\C/C=C\C/C=C\CCCCCCCCCCCCCC(=O)OCC(COC(=O)CCCCCCCC)OC(=O)CCCC/C=C\C/C=C\C/C=C\C/C=C\CC. The molecule has 0 saturated heterocycles. The summed E-state index contributed by atoms with van der Waals surface area (Å²) in [5, 5.41) is 0. The maximum absolute atomic E-state index is 12.7. The van der Waals surface area contributed by atoms with Crippen LogP contribution in [0, 0.1) is 0 Å². The van der Waals surface area contributed by atoms with Crippen LogP contribution in [0.3, 0.4) is 0 Å². The van der Waals surface area contributed by atoms with E-state index in [1.807, 2.05) is 0 Å². The van der Waals surface area contributed by atoms with E-state index in [0.29, 0.717) is 19.3 Å². The molecule has 0 radical (unpaired) electrons. The summed E-state index contributed by atoms with van der Waals surface area (Å²) in [5.41, 5.74) is 0. The van der Waals surface area contributed by atoms with Crippen molar-refractivity contribution >= 4 is 17.9 Å². The molecule has 6 heteroatoms. The van der Waals surface area contributed by atoms with Crippen molar-refractivity contribution in [3.8, 4) is 0 Å². The molecule has 0 aromatic heterocycles. The van der Waals surface area contributed by atoms with Gasteiger partial charge in [-0.05, 0) is 103 Å². The molecular weight excluding hydrogens is 817 g/mol. The monoisotopic (exact) mass is 915 g/mol. The summed E-state index contributed by atoms with van der Waals surface area (Å²) in [4.78, 5) is 37.8. The average molecular weight is 915 g/mol. The van der Waals surface area contributed by atoms with Gasteiger partial charge in [-0.1, -0.05) is 220 Å². The fraction of sp³-hybridized carbons (Fsp3) is 0.650. The van der Waals surface area contributed by atoms with Crippen molar-refractivity contribution in [2.24, 2.45) is 0 Å². The van der Waals surface area contributed by atoms with Crippen molar-refractivity contribution in [3.05, 3.63) is 109 Å². The van der Waals surface area contributed by atoms with Gasteiger partial charge in [-0.2, -0.15) is 0 Å². The van der Waals surface area contributed by atoms with Crippen LogP contribution < -0.4 is 0 Å². The lowest BCUT2D eigenvalue weighted by Crippen LogP contribution is -2.30. The second-order valence-corrected chi connectivity index (χ2v) is 17.4. The van der Waals surface area contributed by atoms with E-state index in [4.69, 9.17) is 14.2 Å². The van der Waals surface area contributed by atoms with Crippen molar-refractivity contribution in [3.63, 3.8) is 0 Å². The Kier molecular flexibility index (Phi) is 50.5. The highest BCUT2D eigenvalue weighted by Gasteiger charge is 2.19. The van der Waals surface area contributed by atoms with Crippen molar-refractivity contribution in [2.45, 2.75) is 239 Å². The first-order valence-corrected chi connectivity index (χ1v) is 26.9. The molecule has 0 aliphatic carbocycles. The Bertz CT molecular complexity index is 1370. The summed E-state index contributed by atoms with van der Waals surface area (Å²) < 4.78 is 16.7. The van der Waals surface area contributed by atoms with Gasteiger partial charge in [0.1, 0.15) is 13.2 Å². The van der Waals surface area contributed by atoms with Gasteiger partial charge in [0, 0.05) is 19.3 Å². The average Bonchev–Trinajstić information content (AvgIpc) is 3.31. The van der Waals surface area contributed by atoms with E-state index in [-0.39, 0.29) is 37.5 Å². The van der Waals surface area contributed by atoms with Gasteiger partial charge in [0.25, 0.3) is 0 Å². The van der Waals surface area contributed by atoms with Gasteiger partial charge in [0.2, 0.25) is 0 Å². The number of carbonyl (C=O) groups is 3. The molecule has 1 unspecified atom stereocenters. The fourth-order valence-electron chi connectivity index (χ4n) is 7.05. The minimum absolute atomic E-state index is 0.0965. The Hall–Kier alpha value is -3.93. The van der Waals surface area contributed by atoms with Gasteiger partial charge in [-0.15, -0.1) is 0 Å². The summed E-state index contributed by atoms with van der Waals surface area (Å²) in [5.74, 6) is -0.956. The number of hydrogen-bond donors (Lipinski definition) is 0. The molecular formula is C60H98O6. The van der Waals surface area contributed by atoms with E-state index < -0.39 is 6.10 Å². The zero-order chi connectivity index (χ0) is 47.9. The van der Waals surface area contributed by atoms with Crippen molar-refractivity contribution in [1.82, 2.24) is 0 Å². The fourth-order valence-corrected chi connectivity index (χ4v) is 7.05. The molecule has 0 aliphatic rings. The summed E-state index contributed by atoms with van der Waals surface area (Å²) in [7, 11) is 0. The standard InChI is InChI=1S/C60H98O6/c1-4-7-10-13-16-18-20-22-24-25-26-27-28-29-30-31-32-33-34-35-37-38-40-42-44-47-50-53-59(62)65-56-57(55-64-58(61)52-49-46-15-12-9-6-3)66-60(63)54-51-48-45-43-41-39-36-23-21-19-17-14-11-8-5-2/h7-8,10-11,16-19,22-24,26-27,29-30,36,41,43,57H,4-6,9,12-15,20-21,25,28,31-35,37-40,42,44-56H2,1-3H3/b10-7-,11-8-,18-16-,19-17-,24-22-,27-26-,30-29-,36-23-,43-41-. The minimum Gasteiger partial charge on any atom is -0.462 e. The molecule has 0 aliphatic heterocycles. The van der Waals surface area contributed by atoms with E-state index in [1.165, 1.54) is 77.0 Å². The van der Waals surface area contributed by atoms with Crippen molar-refractivity contribution < 1.29 is 28.6 Å². The normalized spacial score (nSPS) is 13.0. The Labute approximate surface area is 406 Å². The third-order valence-corrected chi connectivity index (χ3v) is 11.0. The van der Waals surface area contributed by atoms with E-state index in [2.05, 4.69) is 130 Å². The molecule has 0 spiro atoms. The molecule has 0 amide bonds. The van der Waals surface area contributed by atoms with E-state index >= 15 is 0 Å². The molecule has 0 rings (SSSR count). The van der Waals surface area contributed by atoms with Crippen LogP contribution in [0.15, 0.2) is 109 Å². The highest BCUT2D eigenvalue weighted by atomic mass is 16.6. The summed E-state index contributed by atoms with van der Waals surface area (Å²) in [6, 6.07) is 0. The highest BCUT2D eigenvalue weighted by molar-refractivity contribution is 5.71.